The number of benzene rings is 1. The maximum Gasteiger partial charge on any atom is 0.330 e. The van der Waals surface area contributed by atoms with Crippen molar-refractivity contribution in [2.24, 2.45) is 0 Å². The second-order valence-corrected chi connectivity index (χ2v) is 5.18. The molecule has 0 amide bonds. The number of nitrogens with zero attached hydrogens (tertiary/aromatic N) is 2. The van der Waals surface area contributed by atoms with E-state index in [4.69, 9.17) is 16.9 Å². The minimum absolute atomic E-state index is 0.0759. The second-order valence-electron chi connectivity index (χ2n) is 5.18. The summed E-state index contributed by atoms with van der Waals surface area (Å²) in [5.41, 5.74) is 6.12. The Labute approximate surface area is 139 Å². The fourth-order valence-corrected chi connectivity index (χ4v) is 2.42. The number of hydrogen-bond acceptors (Lipinski definition) is 5. The van der Waals surface area contributed by atoms with Crippen LogP contribution in [0.15, 0.2) is 39.9 Å². The molecule has 3 N–H and O–H groups in total. The van der Waals surface area contributed by atoms with E-state index in [1.807, 2.05) is 30.3 Å². The van der Waals surface area contributed by atoms with Crippen LogP contribution in [0.3, 0.4) is 0 Å². The van der Waals surface area contributed by atoms with Gasteiger partial charge in [-0.1, -0.05) is 36.3 Å². The second kappa shape index (κ2) is 8.04. The number of methoxy groups -OCH3 is 1. The van der Waals surface area contributed by atoms with E-state index in [9.17, 15) is 9.59 Å². The SMILES string of the molecule is C#CCN(Cc1ccccc1)c1c(N)n(CCOC)c(=O)[nH]c1=O. The van der Waals surface area contributed by atoms with Crippen molar-refractivity contribution >= 4 is 11.5 Å². The predicted molar refractivity (Wildman–Crippen MR) is 93.9 cm³/mol. The van der Waals surface area contributed by atoms with Gasteiger partial charge in [-0.05, 0) is 5.56 Å². The Bertz CT molecular complexity index is 834. The van der Waals surface area contributed by atoms with Gasteiger partial charge in [0.15, 0.2) is 0 Å². The lowest BCUT2D eigenvalue weighted by Gasteiger charge is -2.24. The van der Waals surface area contributed by atoms with Gasteiger partial charge >= 0.3 is 5.69 Å². The van der Waals surface area contributed by atoms with E-state index in [2.05, 4.69) is 10.9 Å². The molecule has 0 fully saturated rings. The Hall–Kier alpha value is -2.98. The van der Waals surface area contributed by atoms with E-state index in [1.54, 1.807) is 4.90 Å². The van der Waals surface area contributed by atoms with Gasteiger partial charge in [-0.15, -0.1) is 6.42 Å². The molecule has 1 heterocycles. The lowest BCUT2D eigenvalue weighted by Crippen LogP contribution is -2.39. The number of hydrogen-bond donors (Lipinski definition) is 2. The molecule has 126 valence electrons. The van der Waals surface area contributed by atoms with Crippen LogP contribution in [0.1, 0.15) is 5.56 Å². The number of terminal acetylenes is 1. The van der Waals surface area contributed by atoms with Gasteiger partial charge in [0.1, 0.15) is 11.5 Å². The van der Waals surface area contributed by atoms with Crippen LogP contribution in [0.4, 0.5) is 11.5 Å². The topological polar surface area (TPSA) is 93.3 Å². The maximum atomic E-state index is 12.3. The first-order valence-corrected chi connectivity index (χ1v) is 7.42. The first kappa shape index (κ1) is 17.4. The van der Waals surface area contributed by atoms with Crippen LogP contribution in [-0.2, 0) is 17.8 Å². The molecule has 2 rings (SSSR count). The number of nitrogens with two attached hydrogens (primary N) is 1. The number of nitrogen functional groups attached to an aromatic ring is 1. The largest absolute Gasteiger partial charge is 0.383 e. The summed E-state index contributed by atoms with van der Waals surface area (Å²) in [5.74, 6) is 2.60. The lowest BCUT2D eigenvalue weighted by molar-refractivity contribution is 0.186. The number of ether oxygens (including phenoxy) is 1. The van der Waals surface area contributed by atoms with Crippen molar-refractivity contribution in [3.8, 4) is 12.3 Å². The smallest absolute Gasteiger partial charge is 0.330 e. The maximum absolute atomic E-state index is 12.3. The summed E-state index contributed by atoms with van der Waals surface area (Å²) in [6.07, 6.45) is 5.44. The molecule has 0 aliphatic heterocycles. The molecule has 2 aromatic rings. The van der Waals surface area contributed by atoms with E-state index >= 15 is 0 Å². The molecule has 0 atom stereocenters. The molecular weight excluding hydrogens is 308 g/mol. The Morgan fingerprint density at radius 2 is 2.04 bits per heavy atom. The highest BCUT2D eigenvalue weighted by Gasteiger charge is 2.18. The zero-order valence-electron chi connectivity index (χ0n) is 13.5. The van der Waals surface area contributed by atoms with Gasteiger partial charge < -0.3 is 15.4 Å². The van der Waals surface area contributed by atoms with E-state index in [1.165, 1.54) is 11.7 Å². The molecule has 7 nitrogen and oxygen atoms in total. The van der Waals surface area contributed by atoms with Crippen LogP contribution in [0.25, 0.3) is 0 Å². The highest BCUT2D eigenvalue weighted by molar-refractivity contribution is 5.63. The summed E-state index contributed by atoms with van der Waals surface area (Å²) in [6.45, 7) is 1.12. The highest BCUT2D eigenvalue weighted by atomic mass is 16.5. The molecule has 24 heavy (non-hydrogen) atoms. The van der Waals surface area contributed by atoms with E-state index < -0.39 is 11.2 Å². The van der Waals surface area contributed by atoms with Gasteiger partial charge in [-0.2, -0.15) is 0 Å². The average molecular weight is 328 g/mol. The molecule has 0 unspecified atom stereocenters. The van der Waals surface area contributed by atoms with Crippen molar-refractivity contribution in [3.63, 3.8) is 0 Å². The molecule has 0 radical (unpaired) electrons. The fourth-order valence-electron chi connectivity index (χ4n) is 2.42. The summed E-state index contributed by atoms with van der Waals surface area (Å²) >= 11 is 0. The summed E-state index contributed by atoms with van der Waals surface area (Å²) in [7, 11) is 1.52. The quantitative estimate of drug-likeness (QED) is 0.718. The third kappa shape index (κ3) is 3.86. The van der Waals surface area contributed by atoms with Gasteiger partial charge in [0.05, 0.1) is 19.7 Å². The number of H-pyrrole nitrogens is 1. The third-order valence-corrected chi connectivity index (χ3v) is 3.55. The Morgan fingerprint density at radius 1 is 1.33 bits per heavy atom. The molecule has 0 saturated carbocycles. The Balaban J connectivity index is 2.48. The Morgan fingerprint density at radius 3 is 2.67 bits per heavy atom. The van der Waals surface area contributed by atoms with Gasteiger partial charge in [0.25, 0.3) is 5.56 Å². The molecule has 1 aromatic carbocycles. The van der Waals surface area contributed by atoms with Crippen molar-refractivity contribution in [2.75, 3.05) is 30.9 Å². The number of aromatic amines is 1. The van der Waals surface area contributed by atoms with Crippen molar-refractivity contribution < 1.29 is 4.74 Å². The van der Waals surface area contributed by atoms with Crippen LogP contribution < -0.4 is 21.9 Å². The summed E-state index contributed by atoms with van der Waals surface area (Å²) in [6, 6.07) is 9.55. The monoisotopic (exact) mass is 328 g/mol. The number of aromatic nitrogens is 2. The van der Waals surface area contributed by atoms with E-state index in [-0.39, 0.29) is 24.6 Å². The van der Waals surface area contributed by atoms with Crippen molar-refractivity contribution in [1.82, 2.24) is 9.55 Å². The van der Waals surface area contributed by atoms with Crippen LogP contribution in [0.2, 0.25) is 0 Å². The standard InChI is InChI=1S/C17H20N4O3/c1-3-9-20(12-13-7-5-4-6-8-13)14-15(18)21(10-11-24-2)17(23)19-16(14)22/h1,4-8H,9-12,18H2,2H3,(H,19,22,23). The number of anilines is 2. The summed E-state index contributed by atoms with van der Waals surface area (Å²) in [5, 5.41) is 0. The van der Waals surface area contributed by atoms with Crippen LogP contribution in [-0.4, -0.2) is 29.8 Å². The van der Waals surface area contributed by atoms with Crippen molar-refractivity contribution in [2.45, 2.75) is 13.1 Å². The molecule has 0 bridgehead atoms. The summed E-state index contributed by atoms with van der Waals surface area (Å²) < 4.78 is 6.25. The minimum Gasteiger partial charge on any atom is -0.383 e. The van der Waals surface area contributed by atoms with Crippen LogP contribution >= 0.6 is 0 Å². The van der Waals surface area contributed by atoms with Gasteiger partial charge in [0, 0.05) is 13.7 Å². The van der Waals surface area contributed by atoms with E-state index in [0.717, 1.165) is 5.56 Å². The fraction of sp³-hybridized carbons (Fsp3) is 0.294. The van der Waals surface area contributed by atoms with Crippen molar-refractivity contribution in [3.05, 3.63) is 56.7 Å². The Kier molecular flexibility index (Phi) is 5.82. The third-order valence-electron chi connectivity index (χ3n) is 3.55. The normalized spacial score (nSPS) is 10.3. The molecular formula is C17H20N4O3. The first-order valence-electron chi connectivity index (χ1n) is 7.42. The number of nitrogens with one attached hydrogen (secondary N) is 1. The minimum atomic E-state index is -0.571. The molecule has 0 aliphatic carbocycles. The van der Waals surface area contributed by atoms with Gasteiger partial charge in [-0.25, -0.2) is 4.79 Å². The van der Waals surface area contributed by atoms with Crippen LogP contribution in [0.5, 0.6) is 0 Å². The van der Waals surface area contributed by atoms with Crippen LogP contribution in [0, 0.1) is 12.3 Å². The molecule has 0 spiro atoms. The molecule has 1 aromatic heterocycles. The molecule has 0 aliphatic rings. The zero-order chi connectivity index (χ0) is 17.5. The van der Waals surface area contributed by atoms with E-state index in [0.29, 0.717) is 13.2 Å². The average Bonchev–Trinajstić information content (AvgIpc) is 2.55. The predicted octanol–water partition coefficient (Wildman–Crippen LogP) is 0.405. The highest BCUT2D eigenvalue weighted by Crippen LogP contribution is 2.18. The summed E-state index contributed by atoms with van der Waals surface area (Å²) in [4.78, 5) is 28.2. The lowest BCUT2D eigenvalue weighted by atomic mass is 10.2. The zero-order valence-corrected chi connectivity index (χ0v) is 13.5. The van der Waals surface area contributed by atoms with Gasteiger partial charge in [0.2, 0.25) is 0 Å². The molecule has 7 heteroatoms. The van der Waals surface area contributed by atoms with Crippen molar-refractivity contribution in [1.29, 1.82) is 0 Å². The first-order chi connectivity index (χ1) is 11.6. The van der Waals surface area contributed by atoms with Gasteiger partial charge in [-0.3, -0.25) is 14.3 Å². The number of rotatable bonds is 7. The molecule has 0 saturated heterocycles.